The largest absolute Gasteiger partial charge is 0.345 e. The topological polar surface area (TPSA) is 55.9 Å². The third kappa shape index (κ3) is 4.33. The van der Waals surface area contributed by atoms with Crippen molar-refractivity contribution in [3.05, 3.63) is 22.4 Å². The summed E-state index contributed by atoms with van der Waals surface area (Å²) in [5.41, 5.74) is -0.173. The van der Waals surface area contributed by atoms with Crippen molar-refractivity contribution in [3.63, 3.8) is 0 Å². The maximum Gasteiger partial charge on any atom is 0.317 e. The van der Waals surface area contributed by atoms with Gasteiger partial charge in [0.15, 0.2) is 0 Å². The molecule has 25 heavy (non-hydrogen) atoms. The van der Waals surface area contributed by atoms with Crippen LogP contribution in [0.2, 0.25) is 0 Å². The van der Waals surface area contributed by atoms with Crippen LogP contribution in [0.1, 0.15) is 25.1 Å². The highest BCUT2D eigenvalue weighted by atomic mass is 32.1. The van der Waals surface area contributed by atoms with Gasteiger partial charge in [-0.05, 0) is 25.3 Å². The number of nitrogens with one attached hydrogen (secondary N) is 1. The fourth-order valence-electron chi connectivity index (χ4n) is 3.93. The van der Waals surface area contributed by atoms with Crippen LogP contribution in [0.3, 0.4) is 0 Å². The summed E-state index contributed by atoms with van der Waals surface area (Å²) >= 11 is 1.76. The molecular formula is C18H28N4O2S. The third-order valence-corrected chi connectivity index (χ3v) is 5.82. The lowest BCUT2D eigenvalue weighted by atomic mass is 9.86. The Hall–Kier alpha value is -1.60. The minimum Gasteiger partial charge on any atom is -0.345 e. The van der Waals surface area contributed by atoms with Crippen LogP contribution in [0, 0.1) is 5.41 Å². The first kappa shape index (κ1) is 18.2. The van der Waals surface area contributed by atoms with E-state index in [9.17, 15) is 9.59 Å². The number of rotatable bonds is 3. The van der Waals surface area contributed by atoms with Crippen molar-refractivity contribution in [1.82, 2.24) is 20.0 Å². The lowest BCUT2D eigenvalue weighted by Crippen LogP contribution is -2.48. The minimum absolute atomic E-state index is 0.0191. The molecule has 0 unspecified atom stereocenters. The molecule has 2 aliphatic heterocycles. The normalized spacial score (nSPS) is 25.0. The molecule has 0 aromatic carbocycles. The Morgan fingerprint density at radius 3 is 2.72 bits per heavy atom. The van der Waals surface area contributed by atoms with Gasteiger partial charge in [0, 0.05) is 69.1 Å². The van der Waals surface area contributed by atoms with Crippen LogP contribution in [0.25, 0.3) is 0 Å². The van der Waals surface area contributed by atoms with Crippen LogP contribution >= 0.6 is 11.3 Å². The Balaban J connectivity index is 1.78. The van der Waals surface area contributed by atoms with Gasteiger partial charge in [-0.15, -0.1) is 11.3 Å². The Morgan fingerprint density at radius 2 is 2.12 bits per heavy atom. The van der Waals surface area contributed by atoms with Crippen LogP contribution < -0.4 is 5.32 Å². The zero-order chi connectivity index (χ0) is 18.0. The lowest BCUT2D eigenvalue weighted by molar-refractivity contribution is -0.126. The van der Waals surface area contributed by atoms with E-state index in [4.69, 9.17) is 0 Å². The third-order valence-electron chi connectivity index (χ3n) is 4.95. The van der Waals surface area contributed by atoms with Gasteiger partial charge in [-0.2, -0.15) is 0 Å². The van der Waals surface area contributed by atoms with Gasteiger partial charge in [-0.25, -0.2) is 4.79 Å². The first-order valence-corrected chi connectivity index (χ1v) is 9.79. The molecule has 2 aliphatic rings. The number of thiophene rings is 1. The molecule has 1 atom stereocenters. The SMILES string of the molecule is CC(C)NC(=O)N1CCN(Cc2cccs2)C[C@]2(CC(=O)N(C)C2)C1. The maximum atomic E-state index is 12.6. The van der Waals surface area contributed by atoms with Gasteiger partial charge in [0.2, 0.25) is 5.91 Å². The summed E-state index contributed by atoms with van der Waals surface area (Å²) in [6.07, 6.45) is 0.524. The predicted molar refractivity (Wildman–Crippen MR) is 99.5 cm³/mol. The maximum absolute atomic E-state index is 12.6. The fourth-order valence-corrected chi connectivity index (χ4v) is 4.68. The summed E-state index contributed by atoms with van der Waals surface area (Å²) in [5.74, 6) is 0.183. The van der Waals surface area contributed by atoms with Crippen LogP contribution in [-0.4, -0.2) is 72.5 Å². The van der Waals surface area contributed by atoms with E-state index in [1.807, 2.05) is 30.7 Å². The molecule has 7 heteroatoms. The molecule has 1 aromatic heterocycles. The van der Waals surface area contributed by atoms with Crippen molar-refractivity contribution in [3.8, 4) is 0 Å². The summed E-state index contributed by atoms with van der Waals surface area (Å²) in [6, 6.07) is 4.32. The highest BCUT2D eigenvalue weighted by Gasteiger charge is 2.46. The van der Waals surface area contributed by atoms with Crippen molar-refractivity contribution in [2.24, 2.45) is 5.41 Å². The van der Waals surface area contributed by atoms with E-state index >= 15 is 0 Å². The standard InChI is InChI=1S/C18H28N4O2S/c1-14(2)19-17(24)22-7-6-21(10-15-5-4-8-25-15)12-18(13-22)9-16(23)20(3)11-18/h4-5,8,14H,6-7,9-13H2,1-3H3,(H,19,24)/t18-/m1/s1. The molecule has 0 aliphatic carbocycles. The van der Waals surface area contributed by atoms with E-state index in [0.29, 0.717) is 19.5 Å². The highest BCUT2D eigenvalue weighted by Crippen LogP contribution is 2.35. The molecule has 0 bridgehead atoms. The van der Waals surface area contributed by atoms with Crippen molar-refractivity contribution in [2.75, 3.05) is 39.8 Å². The van der Waals surface area contributed by atoms with Gasteiger partial charge >= 0.3 is 6.03 Å². The van der Waals surface area contributed by atoms with Crippen molar-refractivity contribution >= 4 is 23.3 Å². The summed E-state index contributed by atoms with van der Waals surface area (Å²) in [7, 11) is 1.87. The molecule has 3 rings (SSSR count). The summed E-state index contributed by atoms with van der Waals surface area (Å²) < 4.78 is 0. The van der Waals surface area contributed by atoms with Crippen LogP contribution in [0.15, 0.2) is 17.5 Å². The summed E-state index contributed by atoms with van der Waals surface area (Å²) in [6.45, 7) is 8.58. The molecular weight excluding hydrogens is 336 g/mol. The van der Waals surface area contributed by atoms with Gasteiger partial charge in [0.05, 0.1) is 0 Å². The number of nitrogens with zero attached hydrogens (tertiary/aromatic N) is 3. The second-order valence-corrected chi connectivity index (χ2v) is 8.77. The number of hydrogen-bond acceptors (Lipinski definition) is 4. The van der Waals surface area contributed by atoms with Crippen molar-refractivity contribution < 1.29 is 9.59 Å². The second kappa shape index (κ2) is 7.33. The molecule has 2 fully saturated rings. The second-order valence-electron chi connectivity index (χ2n) is 7.74. The first-order valence-electron chi connectivity index (χ1n) is 8.91. The Labute approximate surface area is 153 Å². The van der Waals surface area contributed by atoms with Crippen molar-refractivity contribution in [2.45, 2.75) is 32.9 Å². The number of likely N-dealkylation sites (tertiary alicyclic amines) is 1. The molecule has 0 saturated carbocycles. The molecule has 138 valence electrons. The zero-order valence-corrected chi connectivity index (χ0v) is 16.1. The van der Waals surface area contributed by atoms with Gasteiger partial charge in [-0.3, -0.25) is 9.69 Å². The minimum atomic E-state index is -0.173. The molecule has 3 amide bonds. The molecule has 1 N–H and O–H groups in total. The molecule has 1 aromatic rings. The average molecular weight is 365 g/mol. The Kier molecular flexibility index (Phi) is 5.34. The summed E-state index contributed by atoms with van der Waals surface area (Å²) in [4.78, 5) is 32.3. The number of amides is 3. The first-order chi connectivity index (χ1) is 11.9. The van der Waals surface area contributed by atoms with E-state index in [1.165, 1.54) is 4.88 Å². The number of urea groups is 1. The molecule has 6 nitrogen and oxygen atoms in total. The van der Waals surface area contributed by atoms with E-state index in [0.717, 1.165) is 26.2 Å². The van der Waals surface area contributed by atoms with E-state index in [-0.39, 0.29) is 23.4 Å². The number of carbonyl (C=O) groups excluding carboxylic acids is 2. The molecule has 0 radical (unpaired) electrons. The van der Waals surface area contributed by atoms with Gasteiger partial charge < -0.3 is 15.1 Å². The number of carbonyl (C=O) groups is 2. The fraction of sp³-hybridized carbons (Fsp3) is 0.667. The lowest BCUT2D eigenvalue weighted by Gasteiger charge is -2.33. The highest BCUT2D eigenvalue weighted by molar-refractivity contribution is 7.09. The van der Waals surface area contributed by atoms with Gasteiger partial charge in [-0.1, -0.05) is 6.07 Å². The summed E-state index contributed by atoms with van der Waals surface area (Å²) in [5, 5.41) is 5.10. The van der Waals surface area contributed by atoms with Crippen molar-refractivity contribution in [1.29, 1.82) is 0 Å². The van der Waals surface area contributed by atoms with Crippen LogP contribution in [0.4, 0.5) is 4.79 Å². The number of hydrogen-bond donors (Lipinski definition) is 1. The molecule has 3 heterocycles. The van der Waals surface area contributed by atoms with Gasteiger partial charge in [0.25, 0.3) is 0 Å². The van der Waals surface area contributed by atoms with Crippen LogP contribution in [0.5, 0.6) is 0 Å². The smallest absolute Gasteiger partial charge is 0.317 e. The monoisotopic (exact) mass is 364 g/mol. The molecule has 1 spiro atoms. The van der Waals surface area contributed by atoms with E-state index in [1.54, 1.807) is 11.3 Å². The van der Waals surface area contributed by atoms with E-state index < -0.39 is 0 Å². The zero-order valence-electron chi connectivity index (χ0n) is 15.3. The van der Waals surface area contributed by atoms with Crippen LogP contribution in [-0.2, 0) is 11.3 Å². The Morgan fingerprint density at radius 1 is 1.32 bits per heavy atom. The van der Waals surface area contributed by atoms with E-state index in [2.05, 4.69) is 27.7 Å². The average Bonchev–Trinajstić information content (AvgIpc) is 3.06. The Bertz CT molecular complexity index is 619. The predicted octanol–water partition coefficient (Wildman–Crippen LogP) is 1.83. The van der Waals surface area contributed by atoms with Gasteiger partial charge in [0.1, 0.15) is 0 Å². The quantitative estimate of drug-likeness (QED) is 0.890. The molecule has 2 saturated heterocycles.